The SMILES string of the molecule is CCOC(=O)C1CCc2ccc(OS(=O)(=O)C(F)(F)F)cc2O1. The molecule has 2 rings (SSSR count). The maximum absolute atomic E-state index is 12.3. The summed E-state index contributed by atoms with van der Waals surface area (Å²) < 4.78 is 73.1. The van der Waals surface area contributed by atoms with Crippen molar-refractivity contribution in [1.82, 2.24) is 0 Å². The van der Waals surface area contributed by atoms with Crippen molar-refractivity contribution in [1.29, 1.82) is 0 Å². The van der Waals surface area contributed by atoms with Crippen molar-refractivity contribution in [3.8, 4) is 11.5 Å². The number of aryl methyl sites for hydroxylation is 1. The number of rotatable bonds is 4. The zero-order valence-corrected chi connectivity index (χ0v) is 12.7. The van der Waals surface area contributed by atoms with Crippen LogP contribution in [0.25, 0.3) is 0 Å². The van der Waals surface area contributed by atoms with Crippen LogP contribution >= 0.6 is 0 Å². The maximum atomic E-state index is 12.3. The van der Waals surface area contributed by atoms with Gasteiger partial charge in [0.1, 0.15) is 11.5 Å². The first-order valence-electron chi connectivity index (χ1n) is 6.61. The lowest BCUT2D eigenvalue weighted by molar-refractivity contribution is -0.152. The molecule has 1 aromatic rings. The molecular weight excluding hydrogens is 341 g/mol. The number of halogens is 3. The highest BCUT2D eigenvalue weighted by Gasteiger charge is 2.48. The van der Waals surface area contributed by atoms with Gasteiger partial charge in [0.2, 0.25) is 0 Å². The van der Waals surface area contributed by atoms with E-state index in [1.54, 1.807) is 6.92 Å². The first-order valence-corrected chi connectivity index (χ1v) is 8.02. The minimum Gasteiger partial charge on any atom is -0.478 e. The molecule has 0 radical (unpaired) electrons. The van der Waals surface area contributed by atoms with Crippen LogP contribution in [-0.4, -0.2) is 32.6 Å². The monoisotopic (exact) mass is 354 g/mol. The van der Waals surface area contributed by atoms with Gasteiger partial charge in [0.05, 0.1) is 6.61 Å². The summed E-state index contributed by atoms with van der Waals surface area (Å²) in [4.78, 5) is 11.6. The fourth-order valence-corrected chi connectivity index (χ4v) is 2.43. The molecule has 0 saturated heterocycles. The minimum atomic E-state index is -5.76. The van der Waals surface area contributed by atoms with Gasteiger partial charge in [-0.25, -0.2) is 4.79 Å². The largest absolute Gasteiger partial charge is 0.534 e. The van der Waals surface area contributed by atoms with Gasteiger partial charge in [-0.1, -0.05) is 6.07 Å². The first kappa shape index (κ1) is 17.4. The second-order valence-electron chi connectivity index (χ2n) is 4.65. The van der Waals surface area contributed by atoms with E-state index in [0.717, 1.165) is 12.1 Å². The highest BCUT2D eigenvalue weighted by molar-refractivity contribution is 7.88. The molecule has 1 atom stereocenters. The van der Waals surface area contributed by atoms with Gasteiger partial charge in [0.25, 0.3) is 0 Å². The van der Waals surface area contributed by atoms with E-state index >= 15 is 0 Å². The fourth-order valence-electron chi connectivity index (χ4n) is 1.98. The van der Waals surface area contributed by atoms with E-state index < -0.39 is 33.4 Å². The molecule has 0 aliphatic carbocycles. The Morgan fingerprint density at radius 2 is 2.09 bits per heavy atom. The van der Waals surface area contributed by atoms with Crippen molar-refractivity contribution >= 4 is 16.1 Å². The van der Waals surface area contributed by atoms with Crippen LogP contribution in [0.15, 0.2) is 18.2 Å². The molecule has 0 saturated carbocycles. The second kappa shape index (κ2) is 6.26. The summed E-state index contributed by atoms with van der Waals surface area (Å²) in [5, 5.41) is 0. The van der Waals surface area contributed by atoms with Gasteiger partial charge in [-0.2, -0.15) is 21.6 Å². The normalized spacial score (nSPS) is 17.8. The third-order valence-corrected chi connectivity index (χ3v) is 4.00. The Morgan fingerprint density at radius 3 is 2.70 bits per heavy atom. The number of hydrogen-bond donors (Lipinski definition) is 0. The average molecular weight is 354 g/mol. The summed E-state index contributed by atoms with van der Waals surface area (Å²) in [5.41, 5.74) is -4.90. The molecule has 0 fully saturated rings. The Balaban J connectivity index is 2.20. The van der Waals surface area contributed by atoms with Gasteiger partial charge in [-0.05, 0) is 31.4 Å². The molecule has 1 aliphatic heterocycles. The fraction of sp³-hybridized carbons (Fsp3) is 0.462. The van der Waals surface area contributed by atoms with Crippen LogP contribution in [0.5, 0.6) is 11.5 Å². The topological polar surface area (TPSA) is 78.9 Å². The summed E-state index contributed by atoms with van der Waals surface area (Å²) in [6.45, 7) is 1.79. The zero-order valence-electron chi connectivity index (χ0n) is 11.9. The molecular formula is C13H13F3O6S. The van der Waals surface area contributed by atoms with Crippen molar-refractivity contribution in [2.45, 2.75) is 31.4 Å². The van der Waals surface area contributed by atoms with Gasteiger partial charge in [-0.15, -0.1) is 0 Å². The van der Waals surface area contributed by atoms with Gasteiger partial charge < -0.3 is 13.7 Å². The number of fused-ring (bicyclic) bond motifs is 1. The lowest BCUT2D eigenvalue weighted by Crippen LogP contribution is -2.33. The molecule has 1 aromatic carbocycles. The van der Waals surface area contributed by atoms with E-state index in [9.17, 15) is 26.4 Å². The number of ether oxygens (including phenoxy) is 2. The average Bonchev–Trinajstić information content (AvgIpc) is 2.45. The number of carbonyl (C=O) groups is 1. The number of hydrogen-bond acceptors (Lipinski definition) is 6. The summed E-state index contributed by atoms with van der Waals surface area (Å²) in [5.74, 6) is -1.05. The summed E-state index contributed by atoms with van der Waals surface area (Å²) in [6.07, 6.45) is -0.102. The van der Waals surface area contributed by atoms with Crippen molar-refractivity contribution in [2.24, 2.45) is 0 Å². The smallest absolute Gasteiger partial charge is 0.478 e. The molecule has 0 spiro atoms. The lowest BCUT2D eigenvalue weighted by atomic mass is 10.0. The quantitative estimate of drug-likeness (QED) is 0.468. The van der Waals surface area contributed by atoms with E-state index in [2.05, 4.69) is 4.18 Å². The van der Waals surface area contributed by atoms with Crippen LogP contribution in [0.2, 0.25) is 0 Å². The predicted octanol–water partition coefficient (Wildman–Crippen LogP) is 2.17. The molecule has 10 heteroatoms. The van der Waals surface area contributed by atoms with Crippen LogP contribution in [-0.2, 0) is 26.1 Å². The van der Waals surface area contributed by atoms with Crippen molar-refractivity contribution in [2.75, 3.05) is 6.61 Å². The summed E-state index contributed by atoms with van der Waals surface area (Å²) in [6, 6.07) is 3.48. The molecule has 0 amide bonds. The molecule has 6 nitrogen and oxygen atoms in total. The van der Waals surface area contributed by atoms with Crippen LogP contribution in [0.3, 0.4) is 0 Å². The Kier molecular flexibility index (Phi) is 4.73. The number of alkyl halides is 3. The highest BCUT2D eigenvalue weighted by atomic mass is 32.2. The molecule has 0 N–H and O–H groups in total. The van der Waals surface area contributed by atoms with Crippen LogP contribution in [0.4, 0.5) is 13.2 Å². The van der Waals surface area contributed by atoms with E-state index in [4.69, 9.17) is 9.47 Å². The standard InChI is InChI=1S/C13H13F3O6S/c1-2-20-12(17)10-6-4-8-3-5-9(7-11(8)21-10)22-23(18,19)13(14,15)16/h3,5,7,10H,2,4,6H2,1H3. The molecule has 0 bridgehead atoms. The predicted molar refractivity (Wildman–Crippen MR) is 71.4 cm³/mol. The summed E-state index contributed by atoms with van der Waals surface area (Å²) in [7, 11) is -5.76. The minimum absolute atomic E-state index is 0.0872. The molecule has 128 valence electrons. The molecule has 23 heavy (non-hydrogen) atoms. The Hall–Kier alpha value is -1.97. The van der Waals surface area contributed by atoms with Crippen LogP contribution in [0, 0.1) is 0 Å². The van der Waals surface area contributed by atoms with Gasteiger partial charge in [0.15, 0.2) is 6.10 Å². The zero-order chi connectivity index (χ0) is 17.3. The third kappa shape index (κ3) is 3.87. The number of carbonyl (C=O) groups excluding carboxylic acids is 1. The van der Waals surface area contributed by atoms with E-state index in [1.807, 2.05) is 0 Å². The van der Waals surface area contributed by atoms with Crippen molar-refractivity contribution < 1.29 is 40.0 Å². The van der Waals surface area contributed by atoms with Gasteiger partial charge in [-0.3, -0.25) is 0 Å². The second-order valence-corrected chi connectivity index (χ2v) is 6.19. The van der Waals surface area contributed by atoms with Gasteiger partial charge in [0, 0.05) is 6.07 Å². The van der Waals surface area contributed by atoms with Gasteiger partial charge >= 0.3 is 21.6 Å². The van der Waals surface area contributed by atoms with E-state index in [-0.39, 0.29) is 12.4 Å². The lowest BCUT2D eigenvalue weighted by Gasteiger charge is -2.24. The van der Waals surface area contributed by atoms with Crippen molar-refractivity contribution in [3.05, 3.63) is 23.8 Å². The summed E-state index contributed by atoms with van der Waals surface area (Å²) >= 11 is 0. The highest BCUT2D eigenvalue weighted by Crippen LogP contribution is 2.34. The molecule has 1 heterocycles. The maximum Gasteiger partial charge on any atom is 0.534 e. The van der Waals surface area contributed by atoms with Crippen molar-refractivity contribution in [3.63, 3.8) is 0 Å². The Labute approximate surface area is 130 Å². The van der Waals surface area contributed by atoms with E-state index in [0.29, 0.717) is 18.4 Å². The number of benzene rings is 1. The Morgan fingerprint density at radius 1 is 1.39 bits per heavy atom. The molecule has 1 aliphatic rings. The van der Waals surface area contributed by atoms with Crippen LogP contribution < -0.4 is 8.92 Å². The molecule has 0 aromatic heterocycles. The Bertz CT molecular complexity index is 698. The van der Waals surface area contributed by atoms with Crippen LogP contribution in [0.1, 0.15) is 18.9 Å². The molecule has 1 unspecified atom stereocenters. The third-order valence-electron chi connectivity index (χ3n) is 3.02. The first-order chi connectivity index (χ1) is 10.6. The van der Waals surface area contributed by atoms with E-state index in [1.165, 1.54) is 6.07 Å². The number of esters is 1.